The van der Waals surface area contributed by atoms with Crippen LogP contribution in [0.25, 0.3) is 0 Å². The van der Waals surface area contributed by atoms with Gasteiger partial charge in [-0.15, -0.1) is 0 Å². The van der Waals surface area contributed by atoms with E-state index in [-0.39, 0.29) is 5.69 Å². The summed E-state index contributed by atoms with van der Waals surface area (Å²) in [5, 5.41) is 14.3. The van der Waals surface area contributed by atoms with Crippen LogP contribution in [0.5, 0.6) is 5.75 Å². The van der Waals surface area contributed by atoms with Gasteiger partial charge in [0.1, 0.15) is 11.9 Å². The highest BCUT2D eigenvalue weighted by molar-refractivity contribution is 7.99. The third-order valence-electron chi connectivity index (χ3n) is 2.54. The predicted molar refractivity (Wildman–Crippen MR) is 80.0 cm³/mol. The number of ether oxygens (including phenoxy) is 1. The number of hydrogen-bond donors (Lipinski definition) is 1. The summed E-state index contributed by atoms with van der Waals surface area (Å²) < 4.78 is 5.08. The Hall–Kier alpha value is -2.35. The third kappa shape index (κ3) is 3.82. The minimum absolute atomic E-state index is 0.113. The number of hydrogen-bond acceptors (Lipinski definition) is 7. The zero-order valence-electron chi connectivity index (χ0n) is 11.6. The first kappa shape index (κ1) is 15.0. The molecule has 0 aliphatic carbocycles. The number of nitrogens with zero attached hydrogens (tertiary/aromatic N) is 3. The fraction of sp³-hybridized carbons (Fsp3) is 0.231. The topological polar surface area (TPSA) is 90.2 Å². The Kier molecular flexibility index (Phi) is 4.94. The molecule has 0 spiro atoms. The van der Waals surface area contributed by atoms with Gasteiger partial charge in [-0.05, 0) is 31.2 Å². The van der Waals surface area contributed by atoms with Crippen LogP contribution in [-0.2, 0) is 0 Å². The molecule has 1 heterocycles. The van der Waals surface area contributed by atoms with Gasteiger partial charge in [-0.3, -0.25) is 10.1 Å². The molecule has 0 atom stereocenters. The van der Waals surface area contributed by atoms with Gasteiger partial charge in [-0.1, -0.05) is 11.8 Å². The van der Waals surface area contributed by atoms with Crippen molar-refractivity contribution in [3.8, 4) is 5.75 Å². The highest BCUT2D eigenvalue weighted by atomic mass is 32.2. The van der Waals surface area contributed by atoms with E-state index < -0.39 is 4.92 Å². The molecular formula is C13H14N4O3S. The molecule has 21 heavy (non-hydrogen) atoms. The standard InChI is InChI=1S/C13H14N4O3S/c1-3-14-13-15-8-11(17(18)19)12(16-13)21-10-6-4-9(20-2)5-7-10/h4-8H,3H2,1-2H3,(H,14,15,16). The van der Waals surface area contributed by atoms with Crippen LogP contribution in [0.4, 0.5) is 11.6 Å². The smallest absolute Gasteiger partial charge is 0.320 e. The molecule has 110 valence electrons. The molecule has 2 rings (SSSR count). The Morgan fingerprint density at radius 2 is 2.10 bits per heavy atom. The summed E-state index contributed by atoms with van der Waals surface area (Å²) in [7, 11) is 1.58. The zero-order chi connectivity index (χ0) is 15.2. The predicted octanol–water partition coefficient (Wildman–Crippen LogP) is 2.98. The van der Waals surface area contributed by atoms with Crippen LogP contribution in [-0.4, -0.2) is 28.5 Å². The molecule has 0 bridgehead atoms. The highest BCUT2D eigenvalue weighted by Crippen LogP contribution is 2.33. The Morgan fingerprint density at radius 1 is 1.38 bits per heavy atom. The van der Waals surface area contributed by atoms with E-state index in [1.807, 2.05) is 19.1 Å². The van der Waals surface area contributed by atoms with Crippen LogP contribution in [0, 0.1) is 10.1 Å². The maximum Gasteiger partial charge on any atom is 0.320 e. The van der Waals surface area contributed by atoms with Crippen molar-refractivity contribution in [1.29, 1.82) is 0 Å². The van der Waals surface area contributed by atoms with Crippen molar-refractivity contribution >= 4 is 23.4 Å². The van der Waals surface area contributed by atoms with E-state index in [0.717, 1.165) is 10.6 Å². The Morgan fingerprint density at radius 3 is 2.67 bits per heavy atom. The maximum atomic E-state index is 11.1. The normalized spacial score (nSPS) is 10.2. The minimum atomic E-state index is -0.485. The SMILES string of the molecule is CCNc1ncc([N+](=O)[O-])c(Sc2ccc(OC)cc2)n1. The number of benzene rings is 1. The monoisotopic (exact) mass is 306 g/mol. The molecule has 8 heteroatoms. The summed E-state index contributed by atoms with van der Waals surface area (Å²) in [5.41, 5.74) is -0.113. The molecule has 0 amide bonds. The fourth-order valence-corrected chi connectivity index (χ4v) is 2.42. The van der Waals surface area contributed by atoms with E-state index in [1.54, 1.807) is 19.2 Å². The van der Waals surface area contributed by atoms with Gasteiger partial charge in [0.25, 0.3) is 0 Å². The van der Waals surface area contributed by atoms with Gasteiger partial charge >= 0.3 is 5.69 Å². The molecule has 0 aliphatic heterocycles. The molecular weight excluding hydrogens is 292 g/mol. The molecule has 0 radical (unpaired) electrons. The second-order valence-corrected chi connectivity index (χ2v) is 5.01. The van der Waals surface area contributed by atoms with Gasteiger partial charge in [0, 0.05) is 11.4 Å². The summed E-state index contributed by atoms with van der Waals surface area (Å²) in [6, 6.07) is 7.23. The summed E-state index contributed by atoms with van der Waals surface area (Å²) in [5.74, 6) is 1.10. The lowest BCUT2D eigenvalue weighted by atomic mass is 10.3. The first-order valence-corrected chi connectivity index (χ1v) is 7.03. The summed E-state index contributed by atoms with van der Waals surface area (Å²) in [6.45, 7) is 2.55. The van der Waals surface area contributed by atoms with Gasteiger partial charge < -0.3 is 10.1 Å². The van der Waals surface area contributed by atoms with Crippen molar-refractivity contribution in [3.05, 3.63) is 40.6 Å². The lowest BCUT2D eigenvalue weighted by Gasteiger charge is -2.06. The molecule has 1 N–H and O–H groups in total. The zero-order valence-corrected chi connectivity index (χ0v) is 12.4. The molecule has 0 fully saturated rings. The number of anilines is 1. The number of aromatic nitrogens is 2. The molecule has 7 nitrogen and oxygen atoms in total. The second kappa shape index (κ2) is 6.89. The van der Waals surface area contributed by atoms with Crippen LogP contribution < -0.4 is 10.1 Å². The Balaban J connectivity index is 2.30. The van der Waals surface area contributed by atoms with Crippen molar-refractivity contribution < 1.29 is 9.66 Å². The number of nitro groups is 1. The largest absolute Gasteiger partial charge is 0.497 e. The maximum absolute atomic E-state index is 11.1. The Labute approximate surface area is 125 Å². The van der Waals surface area contributed by atoms with Crippen LogP contribution in [0.2, 0.25) is 0 Å². The minimum Gasteiger partial charge on any atom is -0.497 e. The van der Waals surface area contributed by atoms with E-state index in [4.69, 9.17) is 4.74 Å². The van der Waals surface area contributed by atoms with E-state index in [2.05, 4.69) is 15.3 Å². The van der Waals surface area contributed by atoms with Crippen LogP contribution in [0.15, 0.2) is 40.4 Å². The van der Waals surface area contributed by atoms with Gasteiger partial charge in [-0.2, -0.15) is 4.98 Å². The molecule has 0 aliphatic rings. The van der Waals surface area contributed by atoms with E-state index in [1.165, 1.54) is 18.0 Å². The van der Waals surface area contributed by atoms with Crippen LogP contribution in [0.1, 0.15) is 6.92 Å². The van der Waals surface area contributed by atoms with Gasteiger partial charge in [0.2, 0.25) is 5.95 Å². The van der Waals surface area contributed by atoms with E-state index in [0.29, 0.717) is 17.5 Å². The summed E-state index contributed by atoms with van der Waals surface area (Å²) >= 11 is 1.21. The number of nitrogens with one attached hydrogen (secondary N) is 1. The van der Waals surface area contributed by atoms with Crippen molar-refractivity contribution in [2.45, 2.75) is 16.8 Å². The summed E-state index contributed by atoms with van der Waals surface area (Å²) in [4.78, 5) is 19.5. The third-order valence-corrected chi connectivity index (χ3v) is 3.54. The second-order valence-electron chi connectivity index (χ2n) is 3.95. The summed E-state index contributed by atoms with van der Waals surface area (Å²) in [6.07, 6.45) is 1.22. The van der Waals surface area contributed by atoms with Gasteiger partial charge in [-0.25, -0.2) is 4.98 Å². The van der Waals surface area contributed by atoms with Crippen molar-refractivity contribution in [2.75, 3.05) is 19.0 Å². The number of methoxy groups -OCH3 is 1. The molecule has 0 unspecified atom stereocenters. The quantitative estimate of drug-likeness (QED) is 0.498. The Bertz CT molecular complexity index is 634. The van der Waals surface area contributed by atoms with Crippen LogP contribution in [0.3, 0.4) is 0 Å². The molecule has 0 saturated carbocycles. The molecule has 1 aromatic carbocycles. The van der Waals surface area contributed by atoms with Gasteiger partial charge in [0.05, 0.1) is 12.0 Å². The van der Waals surface area contributed by atoms with Crippen molar-refractivity contribution in [2.24, 2.45) is 0 Å². The van der Waals surface area contributed by atoms with Crippen molar-refractivity contribution in [1.82, 2.24) is 9.97 Å². The van der Waals surface area contributed by atoms with Crippen LogP contribution >= 0.6 is 11.8 Å². The lowest BCUT2D eigenvalue weighted by Crippen LogP contribution is -2.04. The fourth-order valence-electron chi connectivity index (χ4n) is 1.56. The van der Waals surface area contributed by atoms with Crippen molar-refractivity contribution in [3.63, 3.8) is 0 Å². The van der Waals surface area contributed by atoms with E-state index >= 15 is 0 Å². The molecule has 1 aromatic heterocycles. The highest BCUT2D eigenvalue weighted by Gasteiger charge is 2.18. The first-order valence-electron chi connectivity index (χ1n) is 6.21. The average molecular weight is 306 g/mol. The number of rotatable bonds is 6. The molecule has 2 aromatic rings. The first-order chi connectivity index (χ1) is 10.1. The lowest BCUT2D eigenvalue weighted by molar-refractivity contribution is -0.388. The molecule has 0 saturated heterocycles. The van der Waals surface area contributed by atoms with E-state index in [9.17, 15) is 10.1 Å². The average Bonchev–Trinajstić information content (AvgIpc) is 2.48. The van der Waals surface area contributed by atoms with Gasteiger partial charge in [0.15, 0.2) is 5.03 Å².